The Balaban J connectivity index is 1.46. The van der Waals surface area contributed by atoms with Gasteiger partial charge in [0.15, 0.2) is 6.10 Å². The van der Waals surface area contributed by atoms with Gasteiger partial charge in [-0.3, -0.25) is 9.59 Å². The first-order valence-corrected chi connectivity index (χ1v) is 13.6. The summed E-state index contributed by atoms with van der Waals surface area (Å²) in [4.78, 5) is 25.2. The van der Waals surface area contributed by atoms with Gasteiger partial charge in [-0.25, -0.2) is 8.42 Å². The van der Waals surface area contributed by atoms with Gasteiger partial charge in [0.25, 0.3) is 5.91 Å². The first-order chi connectivity index (χ1) is 16.7. The highest BCUT2D eigenvalue weighted by atomic mass is 32.2. The van der Waals surface area contributed by atoms with Gasteiger partial charge in [-0.2, -0.15) is 4.31 Å². The molecule has 1 saturated heterocycles. The van der Waals surface area contributed by atoms with Crippen LogP contribution in [0.25, 0.3) is 0 Å². The number of amides is 2. The van der Waals surface area contributed by atoms with Crippen LogP contribution < -0.4 is 15.4 Å². The van der Waals surface area contributed by atoms with E-state index in [1.165, 1.54) is 10.4 Å². The molecule has 0 spiro atoms. The Bertz CT molecular complexity index is 1200. The Labute approximate surface area is 207 Å². The molecule has 0 radical (unpaired) electrons. The van der Waals surface area contributed by atoms with Crippen molar-refractivity contribution in [2.75, 3.05) is 25.0 Å². The second-order valence-corrected chi connectivity index (χ2v) is 11.3. The van der Waals surface area contributed by atoms with E-state index < -0.39 is 22.0 Å². The summed E-state index contributed by atoms with van der Waals surface area (Å²) < 4.78 is 34.3. The molecule has 2 aromatic carbocycles. The van der Waals surface area contributed by atoms with Crippen molar-refractivity contribution >= 4 is 27.5 Å². The number of piperidine rings is 1. The van der Waals surface area contributed by atoms with Gasteiger partial charge in [-0.15, -0.1) is 0 Å². The van der Waals surface area contributed by atoms with E-state index in [1.54, 1.807) is 13.0 Å². The topological polar surface area (TPSA) is 105 Å². The molecular weight excluding hydrogens is 466 g/mol. The Morgan fingerprint density at radius 3 is 2.71 bits per heavy atom. The molecule has 4 rings (SSSR count). The molecule has 9 heteroatoms. The van der Waals surface area contributed by atoms with Gasteiger partial charge in [-0.1, -0.05) is 44.2 Å². The summed E-state index contributed by atoms with van der Waals surface area (Å²) in [7, 11) is -3.84. The largest absolute Gasteiger partial charge is 0.478 e. The molecule has 3 atom stereocenters. The van der Waals surface area contributed by atoms with Gasteiger partial charge in [0.2, 0.25) is 15.9 Å². The monoisotopic (exact) mass is 499 g/mol. The van der Waals surface area contributed by atoms with Crippen LogP contribution in [0.2, 0.25) is 0 Å². The third kappa shape index (κ3) is 5.36. The lowest BCUT2D eigenvalue weighted by atomic mass is 9.97. The third-order valence-corrected chi connectivity index (χ3v) is 8.80. The quantitative estimate of drug-likeness (QED) is 0.607. The molecule has 2 aliphatic heterocycles. The summed E-state index contributed by atoms with van der Waals surface area (Å²) in [6.45, 7) is 6.58. The van der Waals surface area contributed by atoms with E-state index in [9.17, 15) is 18.0 Å². The molecule has 0 saturated carbocycles. The van der Waals surface area contributed by atoms with E-state index in [0.29, 0.717) is 49.4 Å². The summed E-state index contributed by atoms with van der Waals surface area (Å²) in [5.74, 6) is -0.247. The highest BCUT2D eigenvalue weighted by Gasteiger charge is 2.36. The van der Waals surface area contributed by atoms with Crippen molar-refractivity contribution in [3.05, 3.63) is 53.6 Å². The molecule has 0 aliphatic carbocycles. The zero-order chi connectivity index (χ0) is 25.2. The summed E-state index contributed by atoms with van der Waals surface area (Å²) in [5.41, 5.74) is 2.14. The Morgan fingerprint density at radius 1 is 1.26 bits per heavy atom. The van der Waals surface area contributed by atoms with Crippen molar-refractivity contribution in [2.45, 2.75) is 57.0 Å². The molecule has 188 valence electrons. The van der Waals surface area contributed by atoms with Crippen LogP contribution in [0.4, 0.5) is 5.69 Å². The smallest absolute Gasteiger partial charge is 0.265 e. The van der Waals surface area contributed by atoms with Crippen LogP contribution in [-0.4, -0.2) is 50.3 Å². The molecule has 2 aromatic rings. The number of hydrogen-bond acceptors (Lipinski definition) is 5. The SMILES string of the molecule is CC[C@@H]1Oc2cc(S(=O)(=O)N3CCC[C@@H](C(=O)NC[C@H](C)c4ccccc4)C3)c(C)cc2NC1=O. The maximum absolute atomic E-state index is 13.6. The highest BCUT2D eigenvalue weighted by molar-refractivity contribution is 7.89. The molecule has 8 nitrogen and oxygen atoms in total. The number of benzene rings is 2. The van der Waals surface area contributed by atoms with Crippen molar-refractivity contribution in [1.29, 1.82) is 0 Å². The number of nitrogens with zero attached hydrogens (tertiary/aromatic N) is 1. The molecule has 0 bridgehead atoms. The van der Waals surface area contributed by atoms with Crippen molar-refractivity contribution in [3.63, 3.8) is 0 Å². The van der Waals surface area contributed by atoms with Crippen LogP contribution >= 0.6 is 0 Å². The third-order valence-electron chi connectivity index (χ3n) is 6.79. The van der Waals surface area contributed by atoms with Gasteiger partial charge >= 0.3 is 0 Å². The van der Waals surface area contributed by atoms with Crippen LogP contribution in [0, 0.1) is 12.8 Å². The van der Waals surface area contributed by atoms with Gasteiger partial charge in [-0.05, 0) is 49.3 Å². The van der Waals surface area contributed by atoms with E-state index >= 15 is 0 Å². The first-order valence-electron chi connectivity index (χ1n) is 12.2. The normalized spacial score (nSPS) is 21.4. The standard InChI is InChI=1S/C26H33N3O5S/c1-4-22-26(31)28-21-13-17(2)24(14-23(21)34-22)35(32,33)29-12-8-11-20(16-29)25(30)27-15-18(3)19-9-6-5-7-10-19/h5-7,9-10,13-14,18,20,22H,4,8,11-12,15-16H2,1-3H3,(H,27,30)(H,28,31)/t18-,20+,22-/m0/s1. The van der Waals surface area contributed by atoms with E-state index in [2.05, 4.69) is 17.6 Å². The minimum absolute atomic E-state index is 0.119. The predicted molar refractivity (Wildman–Crippen MR) is 134 cm³/mol. The van der Waals surface area contributed by atoms with Gasteiger partial charge in [0.1, 0.15) is 5.75 Å². The molecule has 0 unspecified atom stereocenters. The fraction of sp³-hybridized carbons (Fsp3) is 0.462. The number of ether oxygens (including phenoxy) is 1. The summed E-state index contributed by atoms with van der Waals surface area (Å²) in [6.07, 6.45) is 1.09. The number of fused-ring (bicyclic) bond motifs is 1. The average Bonchev–Trinajstić information content (AvgIpc) is 2.86. The summed E-state index contributed by atoms with van der Waals surface area (Å²) in [5, 5.41) is 5.80. The molecular formula is C26H33N3O5S. The van der Waals surface area contributed by atoms with Crippen LogP contribution in [0.15, 0.2) is 47.4 Å². The Hall–Kier alpha value is -2.91. The number of nitrogens with one attached hydrogen (secondary N) is 2. The molecule has 2 aliphatic rings. The number of hydrogen-bond donors (Lipinski definition) is 2. The molecule has 2 heterocycles. The number of carbonyl (C=O) groups excluding carboxylic acids is 2. The van der Waals surface area contributed by atoms with Crippen molar-refractivity contribution in [3.8, 4) is 5.75 Å². The molecule has 35 heavy (non-hydrogen) atoms. The fourth-order valence-electron chi connectivity index (χ4n) is 4.64. The number of carbonyl (C=O) groups is 2. The van der Waals surface area contributed by atoms with Crippen LogP contribution in [0.5, 0.6) is 5.75 Å². The zero-order valence-corrected chi connectivity index (χ0v) is 21.2. The lowest BCUT2D eigenvalue weighted by Crippen LogP contribution is -2.46. The fourth-order valence-corrected chi connectivity index (χ4v) is 6.39. The number of anilines is 1. The van der Waals surface area contributed by atoms with E-state index in [0.717, 1.165) is 5.56 Å². The van der Waals surface area contributed by atoms with Crippen LogP contribution in [-0.2, 0) is 19.6 Å². The van der Waals surface area contributed by atoms with E-state index in [4.69, 9.17) is 4.74 Å². The van der Waals surface area contributed by atoms with Crippen molar-refractivity contribution in [2.24, 2.45) is 5.92 Å². The maximum Gasteiger partial charge on any atom is 0.265 e. The summed E-state index contributed by atoms with van der Waals surface area (Å²) >= 11 is 0. The second-order valence-electron chi connectivity index (χ2n) is 9.38. The molecule has 1 fully saturated rings. The van der Waals surface area contributed by atoms with Crippen LogP contribution in [0.1, 0.15) is 50.2 Å². The Morgan fingerprint density at radius 2 is 2.00 bits per heavy atom. The summed E-state index contributed by atoms with van der Waals surface area (Å²) in [6, 6.07) is 13.1. The van der Waals surface area contributed by atoms with Gasteiger partial charge < -0.3 is 15.4 Å². The zero-order valence-electron chi connectivity index (χ0n) is 20.4. The van der Waals surface area contributed by atoms with Crippen molar-refractivity contribution < 1.29 is 22.7 Å². The number of aryl methyl sites for hydroxylation is 1. The van der Waals surface area contributed by atoms with Gasteiger partial charge in [0.05, 0.1) is 16.5 Å². The molecule has 2 amide bonds. The van der Waals surface area contributed by atoms with Gasteiger partial charge in [0, 0.05) is 25.7 Å². The predicted octanol–water partition coefficient (Wildman–Crippen LogP) is 3.43. The molecule has 0 aromatic heterocycles. The molecule has 2 N–H and O–H groups in total. The second kappa shape index (κ2) is 10.4. The van der Waals surface area contributed by atoms with E-state index in [1.807, 2.05) is 37.3 Å². The maximum atomic E-state index is 13.6. The van der Waals surface area contributed by atoms with E-state index in [-0.39, 0.29) is 29.2 Å². The Kier molecular flexibility index (Phi) is 7.47. The number of sulfonamides is 1. The minimum atomic E-state index is -3.84. The average molecular weight is 500 g/mol. The minimum Gasteiger partial charge on any atom is -0.478 e. The lowest BCUT2D eigenvalue weighted by molar-refractivity contribution is -0.126. The highest BCUT2D eigenvalue weighted by Crippen LogP contribution is 2.36. The lowest BCUT2D eigenvalue weighted by Gasteiger charge is -2.32. The number of rotatable bonds is 7. The van der Waals surface area contributed by atoms with Crippen LogP contribution in [0.3, 0.4) is 0 Å². The first kappa shape index (κ1) is 25.2. The van der Waals surface area contributed by atoms with Crippen molar-refractivity contribution in [1.82, 2.24) is 9.62 Å².